The summed E-state index contributed by atoms with van der Waals surface area (Å²) in [5, 5.41) is 1.57. The van der Waals surface area contributed by atoms with Gasteiger partial charge in [-0.3, -0.25) is 0 Å². The molecule has 0 radical (unpaired) electrons. The minimum absolute atomic E-state index is 0.356. The molecule has 4 heteroatoms. The van der Waals surface area contributed by atoms with Crippen LogP contribution in [0, 0.1) is 0 Å². The third kappa shape index (κ3) is 4.33. The van der Waals surface area contributed by atoms with Gasteiger partial charge in [-0.2, -0.15) is 0 Å². The maximum Gasteiger partial charge on any atom is 0.0639 e. The molecule has 0 aliphatic heterocycles. The standard InChI is InChI=1S/C19H24Cl2N2/c1-14(22(3)18-11-7-5-9-16(18)20)13-15(2)23(4)19-12-8-6-10-17(19)21/h5-12,14-15H,13H2,1-4H3. The normalized spacial score (nSPS) is 13.5. The van der Waals surface area contributed by atoms with Crippen LogP contribution in [0.15, 0.2) is 48.5 Å². The zero-order valence-corrected chi connectivity index (χ0v) is 15.6. The first-order chi connectivity index (χ1) is 10.9. The van der Waals surface area contributed by atoms with Crippen LogP contribution in [0.5, 0.6) is 0 Å². The molecule has 2 atom stereocenters. The molecule has 0 bridgehead atoms. The fourth-order valence-electron chi connectivity index (χ4n) is 2.76. The van der Waals surface area contributed by atoms with Crippen molar-refractivity contribution in [1.29, 1.82) is 0 Å². The Hall–Kier alpha value is -1.38. The Balaban J connectivity index is 2.06. The minimum Gasteiger partial charge on any atom is -0.371 e. The van der Waals surface area contributed by atoms with Crippen LogP contribution in [0.3, 0.4) is 0 Å². The Morgan fingerprint density at radius 3 is 1.43 bits per heavy atom. The zero-order valence-electron chi connectivity index (χ0n) is 14.1. The Bertz CT molecular complexity index is 589. The van der Waals surface area contributed by atoms with E-state index in [1.54, 1.807) is 0 Å². The van der Waals surface area contributed by atoms with Gasteiger partial charge in [0.05, 0.1) is 21.4 Å². The molecule has 2 aromatic rings. The van der Waals surface area contributed by atoms with Crippen LogP contribution in [0.25, 0.3) is 0 Å². The van der Waals surface area contributed by atoms with Crippen LogP contribution in [-0.2, 0) is 0 Å². The summed E-state index contributed by atoms with van der Waals surface area (Å²) in [5.74, 6) is 0. The molecule has 23 heavy (non-hydrogen) atoms. The van der Waals surface area contributed by atoms with Crippen LogP contribution < -0.4 is 9.80 Å². The number of benzene rings is 2. The van der Waals surface area contributed by atoms with Crippen LogP contribution in [0.2, 0.25) is 10.0 Å². The number of hydrogen-bond acceptors (Lipinski definition) is 2. The van der Waals surface area contributed by atoms with Crippen molar-refractivity contribution in [1.82, 2.24) is 0 Å². The summed E-state index contributed by atoms with van der Waals surface area (Å²) in [6, 6.07) is 16.6. The Morgan fingerprint density at radius 1 is 0.739 bits per heavy atom. The summed E-state index contributed by atoms with van der Waals surface area (Å²) < 4.78 is 0. The molecule has 2 rings (SSSR count). The third-order valence-corrected chi connectivity index (χ3v) is 5.11. The quantitative estimate of drug-likeness (QED) is 0.655. The van der Waals surface area contributed by atoms with Crippen molar-refractivity contribution in [2.75, 3.05) is 23.9 Å². The maximum absolute atomic E-state index is 6.31. The molecule has 0 fully saturated rings. The summed E-state index contributed by atoms with van der Waals surface area (Å²) in [6.45, 7) is 4.44. The summed E-state index contributed by atoms with van der Waals surface area (Å²) in [4.78, 5) is 4.47. The van der Waals surface area contributed by atoms with E-state index in [1.165, 1.54) is 0 Å². The van der Waals surface area contributed by atoms with Crippen molar-refractivity contribution in [3.63, 3.8) is 0 Å². The van der Waals surface area contributed by atoms with Crippen molar-refractivity contribution in [2.24, 2.45) is 0 Å². The molecule has 0 spiro atoms. The lowest BCUT2D eigenvalue weighted by Gasteiger charge is -2.34. The van der Waals surface area contributed by atoms with Crippen molar-refractivity contribution in [3.8, 4) is 0 Å². The van der Waals surface area contributed by atoms with Gasteiger partial charge in [-0.15, -0.1) is 0 Å². The number of para-hydroxylation sites is 2. The van der Waals surface area contributed by atoms with E-state index < -0.39 is 0 Å². The molecule has 0 saturated heterocycles. The molecule has 0 amide bonds. The highest BCUT2D eigenvalue weighted by atomic mass is 35.5. The highest BCUT2D eigenvalue weighted by Gasteiger charge is 2.19. The van der Waals surface area contributed by atoms with Crippen LogP contribution in [0.1, 0.15) is 20.3 Å². The van der Waals surface area contributed by atoms with Crippen molar-refractivity contribution in [2.45, 2.75) is 32.4 Å². The highest BCUT2D eigenvalue weighted by Crippen LogP contribution is 2.29. The molecule has 0 N–H and O–H groups in total. The lowest BCUT2D eigenvalue weighted by molar-refractivity contribution is 0.538. The molecule has 0 aromatic heterocycles. The Morgan fingerprint density at radius 2 is 1.09 bits per heavy atom. The molecule has 0 aliphatic rings. The number of rotatable bonds is 6. The van der Waals surface area contributed by atoms with Gasteiger partial charge in [0.1, 0.15) is 0 Å². The van der Waals surface area contributed by atoms with E-state index in [9.17, 15) is 0 Å². The Kier molecular flexibility index (Phi) is 6.20. The molecule has 2 nitrogen and oxygen atoms in total. The Labute approximate surface area is 149 Å². The van der Waals surface area contributed by atoms with E-state index in [0.717, 1.165) is 27.8 Å². The minimum atomic E-state index is 0.356. The zero-order chi connectivity index (χ0) is 17.0. The van der Waals surface area contributed by atoms with Gasteiger partial charge in [0.2, 0.25) is 0 Å². The molecule has 0 saturated carbocycles. The third-order valence-electron chi connectivity index (χ3n) is 4.47. The molecular formula is C19H24Cl2N2. The van der Waals surface area contributed by atoms with Gasteiger partial charge in [-0.25, -0.2) is 0 Å². The summed E-state index contributed by atoms with van der Waals surface area (Å²) in [6.07, 6.45) is 1.00. The first-order valence-electron chi connectivity index (χ1n) is 7.86. The molecule has 0 heterocycles. The van der Waals surface area contributed by atoms with Gasteiger partial charge in [0.25, 0.3) is 0 Å². The first-order valence-corrected chi connectivity index (χ1v) is 8.62. The SMILES string of the molecule is CC(CC(C)N(C)c1ccccc1Cl)N(C)c1ccccc1Cl. The van der Waals surface area contributed by atoms with Crippen LogP contribution in [-0.4, -0.2) is 26.2 Å². The van der Waals surface area contributed by atoms with Gasteiger partial charge in [-0.1, -0.05) is 47.5 Å². The van der Waals surface area contributed by atoms with E-state index in [-0.39, 0.29) is 0 Å². The predicted molar refractivity (Wildman–Crippen MR) is 103 cm³/mol. The lowest BCUT2D eigenvalue weighted by Crippen LogP contribution is -2.38. The number of hydrogen-bond donors (Lipinski definition) is 0. The second-order valence-electron chi connectivity index (χ2n) is 6.06. The molecule has 2 unspecified atom stereocenters. The van der Waals surface area contributed by atoms with E-state index in [1.807, 2.05) is 36.4 Å². The molecule has 2 aromatic carbocycles. The topological polar surface area (TPSA) is 6.48 Å². The van der Waals surface area contributed by atoms with Gasteiger partial charge in [0.15, 0.2) is 0 Å². The summed E-state index contributed by atoms with van der Waals surface area (Å²) in [7, 11) is 4.18. The van der Waals surface area contributed by atoms with E-state index in [4.69, 9.17) is 23.2 Å². The van der Waals surface area contributed by atoms with Crippen LogP contribution in [0.4, 0.5) is 11.4 Å². The van der Waals surface area contributed by atoms with Gasteiger partial charge >= 0.3 is 0 Å². The molecule has 0 aliphatic carbocycles. The van der Waals surface area contributed by atoms with Crippen molar-refractivity contribution in [3.05, 3.63) is 58.6 Å². The first kappa shape index (κ1) is 18.0. The lowest BCUT2D eigenvalue weighted by atomic mass is 10.1. The number of halogens is 2. The van der Waals surface area contributed by atoms with Gasteiger partial charge < -0.3 is 9.80 Å². The van der Waals surface area contributed by atoms with Crippen molar-refractivity contribution < 1.29 is 0 Å². The van der Waals surface area contributed by atoms with Gasteiger partial charge in [-0.05, 0) is 44.5 Å². The monoisotopic (exact) mass is 350 g/mol. The summed E-state index contributed by atoms with van der Waals surface area (Å²) >= 11 is 12.6. The van der Waals surface area contributed by atoms with E-state index in [0.29, 0.717) is 12.1 Å². The van der Waals surface area contributed by atoms with Crippen LogP contribution >= 0.6 is 23.2 Å². The largest absolute Gasteiger partial charge is 0.371 e. The number of anilines is 2. The molecular weight excluding hydrogens is 327 g/mol. The fourth-order valence-corrected chi connectivity index (χ4v) is 3.30. The average Bonchev–Trinajstić information content (AvgIpc) is 2.54. The molecule has 124 valence electrons. The average molecular weight is 351 g/mol. The smallest absolute Gasteiger partial charge is 0.0639 e. The summed E-state index contributed by atoms with van der Waals surface area (Å²) in [5.41, 5.74) is 2.13. The number of nitrogens with zero attached hydrogens (tertiary/aromatic N) is 2. The highest BCUT2D eigenvalue weighted by molar-refractivity contribution is 6.33. The second-order valence-corrected chi connectivity index (χ2v) is 6.87. The van der Waals surface area contributed by atoms with E-state index >= 15 is 0 Å². The second kappa shape index (κ2) is 7.94. The fraction of sp³-hybridized carbons (Fsp3) is 0.368. The van der Waals surface area contributed by atoms with E-state index in [2.05, 4.69) is 49.9 Å². The predicted octanol–water partition coefficient (Wildman–Crippen LogP) is 5.73. The maximum atomic E-state index is 6.31. The van der Waals surface area contributed by atoms with Crippen molar-refractivity contribution >= 4 is 34.6 Å². The van der Waals surface area contributed by atoms with Gasteiger partial charge in [0, 0.05) is 26.2 Å².